The molecule has 0 saturated heterocycles. The van der Waals surface area contributed by atoms with E-state index in [0.717, 1.165) is 55.9 Å². The first-order valence-corrected chi connectivity index (χ1v) is 25.8. The lowest BCUT2D eigenvalue weighted by molar-refractivity contribution is 0.600. The van der Waals surface area contributed by atoms with E-state index >= 15 is 0 Å². The summed E-state index contributed by atoms with van der Waals surface area (Å²) in [5.41, 5.74) is 27.8. The third-order valence-corrected chi connectivity index (χ3v) is 17.2. The summed E-state index contributed by atoms with van der Waals surface area (Å²) in [6, 6.07) is 71.8. The van der Waals surface area contributed by atoms with Crippen molar-refractivity contribution in [2.24, 2.45) is 0 Å². The number of benzene rings is 10. The summed E-state index contributed by atoms with van der Waals surface area (Å²) in [5.74, 6) is 0. The van der Waals surface area contributed by atoms with E-state index in [2.05, 4.69) is 247 Å². The lowest BCUT2D eigenvalue weighted by Crippen LogP contribution is -2.24. The Hall–Kier alpha value is -8.40. The van der Waals surface area contributed by atoms with E-state index in [1.165, 1.54) is 99.6 Å². The Bertz CT molecular complexity index is 4350. The van der Waals surface area contributed by atoms with Crippen LogP contribution in [0.3, 0.4) is 0 Å². The molecule has 350 valence electrons. The molecule has 0 radical (unpaired) electrons. The Morgan fingerprint density at radius 3 is 1.59 bits per heavy atom. The first-order valence-electron chi connectivity index (χ1n) is 25.8. The van der Waals surface area contributed by atoms with Gasteiger partial charge in [-0.15, -0.1) is 0 Å². The van der Waals surface area contributed by atoms with Crippen molar-refractivity contribution in [2.45, 2.75) is 64.7 Å². The number of rotatable bonds is 5. The van der Waals surface area contributed by atoms with Crippen LogP contribution in [0.15, 0.2) is 203 Å². The van der Waals surface area contributed by atoms with Crippen molar-refractivity contribution in [1.82, 2.24) is 0 Å². The second-order valence-corrected chi connectivity index (χ2v) is 22.4. The second kappa shape index (κ2) is 14.6. The van der Waals surface area contributed by atoms with Crippen molar-refractivity contribution in [3.8, 4) is 55.6 Å². The van der Waals surface area contributed by atoms with Crippen molar-refractivity contribution in [2.75, 3.05) is 4.90 Å². The molecule has 2 aromatic heterocycles. The minimum Gasteiger partial charge on any atom is -0.455 e. The van der Waals surface area contributed by atoms with E-state index in [9.17, 15) is 0 Å². The van der Waals surface area contributed by atoms with Crippen LogP contribution in [0.25, 0.3) is 99.5 Å². The van der Waals surface area contributed by atoms with Crippen LogP contribution in [0.5, 0.6) is 0 Å². The number of para-hydroxylation sites is 2. The quantitative estimate of drug-likeness (QED) is 0.172. The van der Waals surface area contributed by atoms with Crippen LogP contribution < -0.4 is 4.90 Å². The standard InChI is InChI=1S/C70H53NO2/c1-40-28-30-42(31-29-40)52-39-56-59(61-50-23-12-15-26-57(50)72-66(52)61)48-34-32-45(37-54(48)68(56,2)3)71(44-21-17-20-43(36-44)41-18-9-8-10-19-41)46-33-35-49-55(38-46)70(6,7)65-63(49)67-62(51-24-13-16-27-58(51)73-67)60-47-22-11-14-25-53(47)69(4,5)64(60)65/h8-39H,1-7H3. The highest BCUT2D eigenvalue weighted by molar-refractivity contribution is 6.21. The van der Waals surface area contributed by atoms with Gasteiger partial charge in [0.15, 0.2) is 0 Å². The van der Waals surface area contributed by atoms with Crippen LogP contribution >= 0.6 is 0 Å². The molecule has 10 aromatic carbocycles. The molecule has 0 atom stereocenters. The SMILES string of the molecule is Cc1ccc(-c2cc3c(c4c2oc2ccccc24)-c2ccc(N(c4cccc(-c5ccccc5)c4)c4ccc5c(c4)C(C)(C)c4c6c(c7c(oc8ccccc87)c4-5)-c4ccccc4C6(C)C)cc2C3(C)C)cc1. The summed E-state index contributed by atoms with van der Waals surface area (Å²) < 4.78 is 13.9. The molecule has 73 heavy (non-hydrogen) atoms. The molecule has 0 amide bonds. The predicted molar refractivity (Wildman–Crippen MR) is 304 cm³/mol. The number of furan rings is 2. The van der Waals surface area contributed by atoms with Crippen LogP contribution in [-0.4, -0.2) is 0 Å². The number of anilines is 3. The van der Waals surface area contributed by atoms with E-state index in [0.29, 0.717) is 0 Å². The van der Waals surface area contributed by atoms with Gasteiger partial charge < -0.3 is 13.7 Å². The molecule has 0 aliphatic heterocycles. The van der Waals surface area contributed by atoms with Gasteiger partial charge >= 0.3 is 0 Å². The smallest absolute Gasteiger partial charge is 0.144 e. The Morgan fingerprint density at radius 2 is 0.877 bits per heavy atom. The number of fused-ring (bicyclic) bond motifs is 19. The minimum atomic E-state index is -0.357. The minimum absolute atomic E-state index is 0.224. The third-order valence-electron chi connectivity index (χ3n) is 17.2. The fourth-order valence-electron chi connectivity index (χ4n) is 13.7. The first-order chi connectivity index (χ1) is 35.4. The van der Waals surface area contributed by atoms with Gasteiger partial charge in [-0.1, -0.05) is 187 Å². The monoisotopic (exact) mass is 939 g/mol. The van der Waals surface area contributed by atoms with Gasteiger partial charge in [-0.3, -0.25) is 0 Å². The van der Waals surface area contributed by atoms with Crippen molar-refractivity contribution < 1.29 is 8.83 Å². The molecule has 3 heteroatoms. The summed E-state index contributed by atoms with van der Waals surface area (Å²) in [6.07, 6.45) is 0. The zero-order chi connectivity index (χ0) is 49.3. The van der Waals surface area contributed by atoms with Crippen LogP contribution in [0, 0.1) is 6.92 Å². The van der Waals surface area contributed by atoms with E-state index < -0.39 is 0 Å². The molecule has 3 aliphatic carbocycles. The van der Waals surface area contributed by atoms with Crippen molar-refractivity contribution >= 4 is 60.9 Å². The molecule has 15 rings (SSSR count). The molecule has 12 aromatic rings. The molecule has 0 fully saturated rings. The topological polar surface area (TPSA) is 29.5 Å². The second-order valence-electron chi connectivity index (χ2n) is 22.4. The summed E-state index contributed by atoms with van der Waals surface area (Å²) in [4.78, 5) is 2.49. The maximum atomic E-state index is 7.08. The predicted octanol–water partition coefficient (Wildman–Crippen LogP) is 19.5. The van der Waals surface area contributed by atoms with Gasteiger partial charge in [0.25, 0.3) is 0 Å². The van der Waals surface area contributed by atoms with E-state index in [1.807, 2.05) is 0 Å². The lowest BCUT2D eigenvalue weighted by Gasteiger charge is -2.32. The number of aryl methyl sites for hydroxylation is 1. The molecular formula is C70H53NO2. The highest BCUT2D eigenvalue weighted by atomic mass is 16.3. The summed E-state index contributed by atoms with van der Waals surface area (Å²) >= 11 is 0. The van der Waals surface area contributed by atoms with Gasteiger partial charge in [-0.05, 0) is 139 Å². The summed E-state index contributed by atoms with van der Waals surface area (Å²) in [7, 11) is 0. The van der Waals surface area contributed by atoms with Crippen LogP contribution in [0.2, 0.25) is 0 Å². The number of hydrogen-bond donors (Lipinski definition) is 0. The molecular weight excluding hydrogens is 887 g/mol. The fraction of sp³-hybridized carbons (Fsp3) is 0.143. The van der Waals surface area contributed by atoms with Crippen molar-refractivity contribution in [1.29, 1.82) is 0 Å². The molecule has 0 saturated carbocycles. The molecule has 3 nitrogen and oxygen atoms in total. The van der Waals surface area contributed by atoms with Gasteiger partial charge in [0, 0.05) is 66.0 Å². The third kappa shape index (κ3) is 5.65. The molecule has 0 bridgehead atoms. The Labute approximate surface area is 426 Å². The Kier molecular flexibility index (Phi) is 8.47. The lowest BCUT2D eigenvalue weighted by atomic mass is 9.72. The molecule has 2 heterocycles. The molecule has 0 unspecified atom stereocenters. The normalized spacial score (nSPS) is 15.1. The zero-order valence-corrected chi connectivity index (χ0v) is 42.2. The molecule has 0 spiro atoms. The Morgan fingerprint density at radius 1 is 0.342 bits per heavy atom. The summed E-state index contributed by atoms with van der Waals surface area (Å²) in [6.45, 7) is 16.7. The van der Waals surface area contributed by atoms with Crippen LogP contribution in [-0.2, 0) is 16.2 Å². The van der Waals surface area contributed by atoms with E-state index in [1.54, 1.807) is 0 Å². The van der Waals surface area contributed by atoms with Crippen LogP contribution in [0.4, 0.5) is 17.1 Å². The van der Waals surface area contributed by atoms with Gasteiger partial charge in [-0.2, -0.15) is 0 Å². The van der Waals surface area contributed by atoms with Gasteiger partial charge in [0.1, 0.15) is 22.3 Å². The average Bonchev–Trinajstić information content (AvgIpc) is 4.18. The number of nitrogens with zero attached hydrogens (tertiary/aromatic N) is 1. The van der Waals surface area contributed by atoms with Gasteiger partial charge in [0.05, 0.1) is 0 Å². The zero-order valence-electron chi connectivity index (χ0n) is 42.2. The highest BCUT2D eigenvalue weighted by Crippen LogP contribution is 2.64. The van der Waals surface area contributed by atoms with E-state index in [4.69, 9.17) is 8.83 Å². The summed E-state index contributed by atoms with van der Waals surface area (Å²) in [5, 5.41) is 4.73. The van der Waals surface area contributed by atoms with Crippen molar-refractivity contribution in [3.63, 3.8) is 0 Å². The fourth-order valence-corrected chi connectivity index (χ4v) is 13.7. The Balaban J connectivity index is 0.958. The molecule has 3 aliphatic rings. The van der Waals surface area contributed by atoms with Crippen LogP contribution in [0.1, 0.15) is 80.5 Å². The van der Waals surface area contributed by atoms with Gasteiger partial charge in [0.2, 0.25) is 0 Å². The van der Waals surface area contributed by atoms with Gasteiger partial charge in [-0.25, -0.2) is 0 Å². The maximum absolute atomic E-state index is 7.08. The number of hydrogen-bond acceptors (Lipinski definition) is 3. The maximum Gasteiger partial charge on any atom is 0.144 e. The largest absolute Gasteiger partial charge is 0.455 e. The van der Waals surface area contributed by atoms with E-state index in [-0.39, 0.29) is 16.2 Å². The molecule has 0 N–H and O–H groups in total. The average molecular weight is 940 g/mol. The highest BCUT2D eigenvalue weighted by Gasteiger charge is 2.49. The van der Waals surface area contributed by atoms with Crippen molar-refractivity contribution in [3.05, 3.63) is 233 Å². The first kappa shape index (κ1) is 42.3.